The quantitative estimate of drug-likeness (QED) is 0.304. The van der Waals surface area contributed by atoms with Crippen molar-refractivity contribution in [2.24, 2.45) is 4.99 Å². The summed E-state index contributed by atoms with van der Waals surface area (Å²) in [4.78, 5) is 18.0. The second kappa shape index (κ2) is 13.3. The van der Waals surface area contributed by atoms with Crippen molar-refractivity contribution in [2.75, 3.05) is 39.1 Å². The molecule has 0 saturated heterocycles. The Labute approximate surface area is 184 Å². The summed E-state index contributed by atoms with van der Waals surface area (Å²) in [6.07, 6.45) is 2.92. The van der Waals surface area contributed by atoms with Crippen LogP contribution in [0.2, 0.25) is 0 Å². The number of anilines is 1. The highest BCUT2D eigenvalue weighted by Crippen LogP contribution is 2.16. The van der Waals surface area contributed by atoms with E-state index in [0.29, 0.717) is 38.7 Å². The van der Waals surface area contributed by atoms with E-state index < -0.39 is 0 Å². The Morgan fingerprint density at radius 3 is 2.61 bits per heavy atom. The maximum Gasteiger partial charge on any atom is 0.223 e. The Hall–Kier alpha value is -3.00. The van der Waals surface area contributed by atoms with Crippen molar-refractivity contribution < 1.29 is 18.7 Å². The largest absolute Gasteiger partial charge is 0.491 e. The molecule has 1 heterocycles. The molecule has 0 atom stereocenters. The molecule has 0 aliphatic heterocycles. The van der Waals surface area contributed by atoms with E-state index in [1.54, 1.807) is 25.3 Å². The highest BCUT2D eigenvalue weighted by molar-refractivity contribution is 5.93. The summed E-state index contributed by atoms with van der Waals surface area (Å²) in [5.74, 6) is 2.31. The first kappa shape index (κ1) is 24.3. The lowest BCUT2D eigenvalue weighted by Crippen LogP contribution is -2.34. The Morgan fingerprint density at radius 2 is 1.97 bits per heavy atom. The van der Waals surface area contributed by atoms with E-state index in [-0.39, 0.29) is 12.0 Å². The second-order valence-electron chi connectivity index (χ2n) is 7.50. The third kappa shape index (κ3) is 10.0. The second-order valence-corrected chi connectivity index (χ2v) is 7.50. The molecule has 2 rings (SSSR count). The zero-order valence-electron chi connectivity index (χ0n) is 18.9. The molecule has 2 aromatic rings. The molecule has 0 spiro atoms. The van der Waals surface area contributed by atoms with Crippen molar-refractivity contribution in [1.82, 2.24) is 10.2 Å². The average molecular weight is 431 g/mol. The van der Waals surface area contributed by atoms with Crippen LogP contribution >= 0.6 is 0 Å². The van der Waals surface area contributed by atoms with E-state index in [1.165, 1.54) is 0 Å². The number of amides is 1. The maximum absolute atomic E-state index is 11.8. The summed E-state index contributed by atoms with van der Waals surface area (Å²) < 4.78 is 16.5. The van der Waals surface area contributed by atoms with Gasteiger partial charge in [-0.05, 0) is 56.7 Å². The first-order valence-corrected chi connectivity index (χ1v) is 10.6. The van der Waals surface area contributed by atoms with Crippen molar-refractivity contribution in [3.63, 3.8) is 0 Å². The van der Waals surface area contributed by atoms with Gasteiger partial charge < -0.3 is 29.4 Å². The molecule has 8 heteroatoms. The Balaban J connectivity index is 1.85. The van der Waals surface area contributed by atoms with E-state index in [0.717, 1.165) is 23.6 Å². The molecular formula is C23H34N4O4. The van der Waals surface area contributed by atoms with Crippen LogP contribution in [0.15, 0.2) is 52.1 Å². The minimum atomic E-state index is 0.0633. The Kier molecular flexibility index (Phi) is 10.4. The Morgan fingerprint density at radius 1 is 1.19 bits per heavy atom. The summed E-state index contributed by atoms with van der Waals surface area (Å²) in [6, 6.07) is 11.4. The topological polar surface area (TPSA) is 88.3 Å². The number of carbonyl (C=O) groups excluding carboxylic acids is 1. The van der Waals surface area contributed by atoms with Gasteiger partial charge in [-0.15, -0.1) is 0 Å². The number of nitrogens with one attached hydrogen (secondary N) is 2. The van der Waals surface area contributed by atoms with Gasteiger partial charge in [-0.3, -0.25) is 9.79 Å². The SMILES string of the molecule is CC(C)Oc1ccc(NC(=NCCCOCc2ccco2)NCCC(=O)N(C)C)cc1. The fourth-order valence-corrected chi connectivity index (χ4v) is 2.60. The van der Waals surface area contributed by atoms with Crippen molar-refractivity contribution >= 4 is 17.6 Å². The van der Waals surface area contributed by atoms with Crippen LogP contribution in [0.3, 0.4) is 0 Å². The molecule has 0 unspecified atom stereocenters. The van der Waals surface area contributed by atoms with Gasteiger partial charge in [0.1, 0.15) is 18.1 Å². The van der Waals surface area contributed by atoms with Crippen LogP contribution in [-0.4, -0.2) is 56.7 Å². The summed E-state index contributed by atoms with van der Waals surface area (Å²) in [5, 5.41) is 6.50. The number of guanidine groups is 1. The van der Waals surface area contributed by atoms with Crippen molar-refractivity contribution in [3.05, 3.63) is 48.4 Å². The lowest BCUT2D eigenvalue weighted by Gasteiger charge is -2.15. The summed E-state index contributed by atoms with van der Waals surface area (Å²) in [6.45, 7) is 6.10. The molecule has 31 heavy (non-hydrogen) atoms. The molecule has 0 aliphatic rings. The fourth-order valence-electron chi connectivity index (χ4n) is 2.60. The zero-order chi connectivity index (χ0) is 22.5. The maximum atomic E-state index is 11.8. The molecule has 0 fully saturated rings. The van der Waals surface area contributed by atoms with Gasteiger partial charge in [-0.2, -0.15) is 0 Å². The van der Waals surface area contributed by atoms with Crippen LogP contribution < -0.4 is 15.4 Å². The number of furan rings is 1. The third-order valence-electron chi connectivity index (χ3n) is 4.16. The van der Waals surface area contributed by atoms with E-state index >= 15 is 0 Å². The van der Waals surface area contributed by atoms with Crippen molar-refractivity contribution in [1.29, 1.82) is 0 Å². The van der Waals surface area contributed by atoms with Crippen LogP contribution in [0.25, 0.3) is 0 Å². The van der Waals surface area contributed by atoms with Gasteiger partial charge in [0, 0.05) is 45.9 Å². The first-order chi connectivity index (χ1) is 14.9. The van der Waals surface area contributed by atoms with Crippen LogP contribution in [0.4, 0.5) is 5.69 Å². The third-order valence-corrected chi connectivity index (χ3v) is 4.16. The summed E-state index contributed by atoms with van der Waals surface area (Å²) in [5.41, 5.74) is 0.885. The molecule has 170 valence electrons. The van der Waals surface area contributed by atoms with Crippen molar-refractivity contribution in [2.45, 2.75) is 39.4 Å². The van der Waals surface area contributed by atoms with Gasteiger partial charge in [-0.25, -0.2) is 0 Å². The molecule has 0 bridgehead atoms. The number of benzene rings is 1. The standard InChI is InChI=1S/C23H34N4O4/c1-18(2)31-20-10-8-19(9-11-20)26-23(25-14-12-22(28)27(3)4)24-13-6-15-29-17-21-7-5-16-30-21/h5,7-11,16,18H,6,12-15,17H2,1-4H3,(H2,24,25,26). The van der Waals surface area contributed by atoms with Gasteiger partial charge in [0.2, 0.25) is 5.91 Å². The van der Waals surface area contributed by atoms with Crippen LogP contribution in [0.1, 0.15) is 32.4 Å². The van der Waals surface area contributed by atoms with Crippen LogP contribution in [0.5, 0.6) is 5.75 Å². The van der Waals surface area contributed by atoms with Gasteiger partial charge in [0.15, 0.2) is 5.96 Å². The average Bonchev–Trinajstić information content (AvgIpc) is 3.24. The van der Waals surface area contributed by atoms with Gasteiger partial charge >= 0.3 is 0 Å². The first-order valence-electron chi connectivity index (χ1n) is 10.6. The smallest absolute Gasteiger partial charge is 0.223 e. The van der Waals surface area contributed by atoms with Crippen molar-refractivity contribution in [3.8, 4) is 5.75 Å². The molecule has 1 aromatic carbocycles. The molecule has 0 aliphatic carbocycles. The van der Waals surface area contributed by atoms with Gasteiger partial charge in [0.05, 0.1) is 12.4 Å². The van der Waals surface area contributed by atoms with Gasteiger partial charge in [-0.1, -0.05) is 0 Å². The number of ether oxygens (including phenoxy) is 2. The number of nitrogens with zero attached hydrogens (tertiary/aromatic N) is 2. The number of hydrogen-bond acceptors (Lipinski definition) is 5. The summed E-state index contributed by atoms with van der Waals surface area (Å²) in [7, 11) is 3.50. The normalized spacial score (nSPS) is 11.5. The summed E-state index contributed by atoms with van der Waals surface area (Å²) >= 11 is 0. The number of rotatable bonds is 12. The minimum Gasteiger partial charge on any atom is -0.491 e. The lowest BCUT2D eigenvalue weighted by molar-refractivity contribution is -0.128. The van der Waals surface area contributed by atoms with Crippen LogP contribution in [-0.2, 0) is 16.1 Å². The molecule has 0 saturated carbocycles. The van der Waals surface area contributed by atoms with Crippen LogP contribution in [0, 0.1) is 0 Å². The Bertz CT molecular complexity index is 786. The monoisotopic (exact) mass is 430 g/mol. The molecule has 8 nitrogen and oxygen atoms in total. The van der Waals surface area contributed by atoms with E-state index in [4.69, 9.17) is 13.9 Å². The highest BCUT2D eigenvalue weighted by Gasteiger charge is 2.06. The number of aliphatic imine (C=N–C) groups is 1. The minimum absolute atomic E-state index is 0.0633. The molecule has 2 N–H and O–H groups in total. The zero-order valence-corrected chi connectivity index (χ0v) is 18.9. The number of hydrogen-bond donors (Lipinski definition) is 2. The molecule has 1 aromatic heterocycles. The number of carbonyl (C=O) groups is 1. The van der Waals surface area contributed by atoms with E-state index in [1.807, 2.05) is 50.2 Å². The molecular weight excluding hydrogens is 396 g/mol. The predicted molar refractivity (Wildman–Crippen MR) is 122 cm³/mol. The lowest BCUT2D eigenvalue weighted by atomic mass is 10.3. The van der Waals surface area contributed by atoms with E-state index in [2.05, 4.69) is 15.6 Å². The fraction of sp³-hybridized carbons (Fsp3) is 0.478. The highest BCUT2D eigenvalue weighted by atomic mass is 16.5. The molecule has 0 radical (unpaired) electrons. The predicted octanol–water partition coefficient (Wildman–Crippen LogP) is 3.51. The van der Waals surface area contributed by atoms with E-state index in [9.17, 15) is 4.79 Å². The van der Waals surface area contributed by atoms with Gasteiger partial charge in [0.25, 0.3) is 0 Å². The molecule has 1 amide bonds.